The van der Waals surface area contributed by atoms with E-state index in [4.69, 9.17) is 0 Å². The van der Waals surface area contributed by atoms with E-state index in [-0.39, 0.29) is 11.3 Å². The van der Waals surface area contributed by atoms with Crippen molar-refractivity contribution in [1.29, 1.82) is 5.26 Å². The van der Waals surface area contributed by atoms with Crippen molar-refractivity contribution in [2.75, 3.05) is 18.0 Å². The fraction of sp³-hybridized carbons (Fsp3) is 0.615. The first-order chi connectivity index (χ1) is 21.6. The minimum Gasteiger partial charge on any atom is -0.372 e. The number of anilines is 1. The molecule has 0 aliphatic heterocycles. The van der Waals surface area contributed by atoms with Gasteiger partial charge in [-0.3, -0.25) is 10.1 Å². The second-order valence-corrected chi connectivity index (χ2v) is 12.4. The lowest BCUT2D eigenvalue weighted by atomic mass is 10.1. The first-order valence-electron chi connectivity index (χ1n) is 17.8. The number of nitriles is 1. The molecule has 0 radical (unpaired) electrons. The van der Waals surface area contributed by atoms with E-state index >= 15 is 0 Å². The summed E-state index contributed by atoms with van der Waals surface area (Å²) < 4.78 is 0. The van der Waals surface area contributed by atoms with Crippen LogP contribution >= 0.6 is 0 Å². The van der Waals surface area contributed by atoms with Gasteiger partial charge >= 0.3 is 0 Å². The number of benzene rings is 2. The molecular formula is C39H59N3O2. The number of nitro benzene ring substituents is 1. The summed E-state index contributed by atoms with van der Waals surface area (Å²) >= 11 is 0. The summed E-state index contributed by atoms with van der Waals surface area (Å²) in [6.07, 6.45) is 31.0. The van der Waals surface area contributed by atoms with Crippen molar-refractivity contribution in [3.63, 3.8) is 0 Å². The summed E-state index contributed by atoms with van der Waals surface area (Å²) in [6, 6.07) is 15.3. The molecule has 0 heterocycles. The molecule has 2 aromatic carbocycles. The molecule has 0 aliphatic rings. The zero-order valence-corrected chi connectivity index (χ0v) is 27.9. The Morgan fingerprint density at radius 1 is 0.636 bits per heavy atom. The molecule has 5 nitrogen and oxygen atoms in total. The van der Waals surface area contributed by atoms with Gasteiger partial charge < -0.3 is 4.90 Å². The molecule has 44 heavy (non-hydrogen) atoms. The predicted molar refractivity (Wildman–Crippen MR) is 189 cm³/mol. The van der Waals surface area contributed by atoms with Crippen molar-refractivity contribution in [2.45, 2.75) is 142 Å². The second-order valence-electron chi connectivity index (χ2n) is 12.4. The summed E-state index contributed by atoms with van der Waals surface area (Å²) in [5.74, 6) is 0. The summed E-state index contributed by atoms with van der Waals surface area (Å²) in [5.41, 5.74) is 3.07. The lowest BCUT2D eigenvalue weighted by molar-refractivity contribution is -0.385. The topological polar surface area (TPSA) is 70.2 Å². The van der Waals surface area contributed by atoms with Crippen LogP contribution in [0.3, 0.4) is 0 Å². The number of rotatable bonds is 26. The Morgan fingerprint density at radius 3 is 1.48 bits per heavy atom. The number of nitro groups is 1. The molecule has 0 fully saturated rings. The SMILES string of the molecule is CCCCCCCCCCCCN(CCCCCCCCCCCC)c1ccc(C=Cc2ccc([N+](=O)[O-])c(C#N)c2)cc1. The van der Waals surface area contributed by atoms with E-state index < -0.39 is 4.92 Å². The monoisotopic (exact) mass is 601 g/mol. The molecule has 5 heteroatoms. The summed E-state index contributed by atoms with van der Waals surface area (Å²) in [5, 5.41) is 20.4. The fourth-order valence-corrected chi connectivity index (χ4v) is 5.84. The summed E-state index contributed by atoms with van der Waals surface area (Å²) in [4.78, 5) is 13.2. The second kappa shape index (κ2) is 24.2. The van der Waals surface area contributed by atoms with Gasteiger partial charge in [-0.2, -0.15) is 5.26 Å². The van der Waals surface area contributed by atoms with Gasteiger partial charge in [0.2, 0.25) is 0 Å². The molecular weight excluding hydrogens is 542 g/mol. The molecule has 0 bridgehead atoms. The lowest BCUT2D eigenvalue weighted by Gasteiger charge is -2.25. The van der Waals surface area contributed by atoms with Crippen molar-refractivity contribution in [3.05, 3.63) is 69.3 Å². The van der Waals surface area contributed by atoms with E-state index in [1.165, 1.54) is 140 Å². The van der Waals surface area contributed by atoms with Crippen molar-refractivity contribution >= 4 is 23.5 Å². The highest BCUT2D eigenvalue weighted by molar-refractivity contribution is 5.72. The number of hydrogen-bond acceptors (Lipinski definition) is 4. The van der Waals surface area contributed by atoms with Crippen LogP contribution in [0.25, 0.3) is 12.2 Å². The van der Waals surface area contributed by atoms with Crippen LogP contribution in [0.1, 0.15) is 159 Å². The van der Waals surface area contributed by atoms with E-state index in [2.05, 4.69) is 43.0 Å². The van der Waals surface area contributed by atoms with Gasteiger partial charge in [0.05, 0.1) is 4.92 Å². The van der Waals surface area contributed by atoms with Crippen LogP contribution in [0.4, 0.5) is 11.4 Å². The molecule has 0 aromatic heterocycles. The molecule has 0 N–H and O–H groups in total. The predicted octanol–water partition coefficient (Wildman–Crippen LogP) is 12.3. The number of hydrogen-bond donors (Lipinski definition) is 0. The van der Waals surface area contributed by atoms with Crippen molar-refractivity contribution in [3.8, 4) is 6.07 Å². The van der Waals surface area contributed by atoms with Crippen LogP contribution in [-0.2, 0) is 0 Å². The zero-order valence-electron chi connectivity index (χ0n) is 27.9. The van der Waals surface area contributed by atoms with Crippen molar-refractivity contribution in [2.24, 2.45) is 0 Å². The zero-order chi connectivity index (χ0) is 31.7. The van der Waals surface area contributed by atoms with Crippen molar-refractivity contribution < 1.29 is 4.92 Å². The Kier molecular flexibility index (Phi) is 20.4. The van der Waals surface area contributed by atoms with Crippen LogP contribution in [0, 0.1) is 21.4 Å². The third-order valence-electron chi connectivity index (χ3n) is 8.63. The van der Waals surface area contributed by atoms with Crippen molar-refractivity contribution in [1.82, 2.24) is 0 Å². The fourth-order valence-electron chi connectivity index (χ4n) is 5.84. The standard InChI is InChI=1S/C39H59N3O2/c1-3-5-7-9-11-13-15-17-19-21-31-41(32-22-20-18-16-14-12-10-8-6-4-2)38-28-25-35(26-29-38)23-24-36-27-30-39(42(43)44)37(33-36)34-40/h23-30,33H,3-22,31-32H2,1-2H3. The third-order valence-corrected chi connectivity index (χ3v) is 8.63. The molecule has 2 rings (SSSR count). The van der Waals surface area contributed by atoms with Gasteiger partial charge in [-0.05, 0) is 48.2 Å². The smallest absolute Gasteiger partial charge is 0.287 e. The first-order valence-corrected chi connectivity index (χ1v) is 17.8. The van der Waals surface area contributed by atoms with Gasteiger partial charge in [-0.15, -0.1) is 0 Å². The van der Waals surface area contributed by atoms with E-state index in [9.17, 15) is 15.4 Å². The van der Waals surface area contributed by atoms with Crippen LogP contribution in [-0.4, -0.2) is 18.0 Å². The molecule has 0 aliphatic carbocycles. The largest absolute Gasteiger partial charge is 0.372 e. The average molecular weight is 602 g/mol. The summed E-state index contributed by atoms with van der Waals surface area (Å²) in [7, 11) is 0. The van der Waals surface area contributed by atoms with Gasteiger partial charge in [0, 0.05) is 24.8 Å². The van der Waals surface area contributed by atoms with Crippen LogP contribution in [0.15, 0.2) is 42.5 Å². The minimum atomic E-state index is -0.512. The highest BCUT2D eigenvalue weighted by atomic mass is 16.6. The first kappa shape index (κ1) is 37.1. The number of unbranched alkanes of at least 4 members (excludes halogenated alkanes) is 18. The third kappa shape index (κ3) is 16.1. The lowest BCUT2D eigenvalue weighted by Crippen LogP contribution is -2.25. The maximum Gasteiger partial charge on any atom is 0.287 e. The van der Waals surface area contributed by atoms with Gasteiger partial charge in [0.1, 0.15) is 11.6 Å². The molecule has 0 atom stereocenters. The van der Waals surface area contributed by atoms with Gasteiger partial charge in [-0.25, -0.2) is 0 Å². The maximum atomic E-state index is 11.1. The quantitative estimate of drug-likeness (QED) is 0.0465. The average Bonchev–Trinajstić information content (AvgIpc) is 3.04. The van der Waals surface area contributed by atoms with E-state index in [1.54, 1.807) is 12.1 Å². The summed E-state index contributed by atoms with van der Waals surface area (Å²) in [6.45, 7) is 6.79. The highest BCUT2D eigenvalue weighted by Crippen LogP contribution is 2.22. The van der Waals surface area contributed by atoms with E-state index in [0.29, 0.717) is 0 Å². The molecule has 0 saturated carbocycles. The Morgan fingerprint density at radius 2 is 1.05 bits per heavy atom. The van der Waals surface area contributed by atoms with Gasteiger partial charge in [0.15, 0.2) is 0 Å². The molecule has 242 valence electrons. The Labute approximate surface area is 268 Å². The molecule has 0 amide bonds. The van der Waals surface area contributed by atoms with Crippen LogP contribution < -0.4 is 4.90 Å². The molecule has 0 saturated heterocycles. The highest BCUT2D eigenvalue weighted by Gasteiger charge is 2.13. The normalized spacial score (nSPS) is 11.2. The maximum absolute atomic E-state index is 11.1. The van der Waals surface area contributed by atoms with Crippen LogP contribution in [0.5, 0.6) is 0 Å². The van der Waals surface area contributed by atoms with Gasteiger partial charge in [-0.1, -0.05) is 154 Å². The van der Waals surface area contributed by atoms with Crippen LogP contribution in [0.2, 0.25) is 0 Å². The van der Waals surface area contributed by atoms with E-state index in [1.807, 2.05) is 18.2 Å². The Balaban J connectivity index is 1.86. The molecule has 0 spiro atoms. The molecule has 2 aromatic rings. The Bertz CT molecular complexity index is 1080. The Hall–Kier alpha value is -3.13. The van der Waals surface area contributed by atoms with E-state index in [0.717, 1.165) is 24.2 Å². The minimum absolute atomic E-state index is 0.0853. The molecule has 0 unspecified atom stereocenters. The van der Waals surface area contributed by atoms with Gasteiger partial charge in [0.25, 0.3) is 5.69 Å². The number of nitrogens with zero attached hydrogens (tertiary/aromatic N) is 3.